The second kappa shape index (κ2) is 55.2. The zero-order valence-electron chi connectivity index (χ0n) is 43.9. The maximum absolute atomic E-state index is 12.5. The Kier molecular flexibility index (Phi) is 54.0. The summed E-state index contributed by atoms with van der Waals surface area (Å²) < 4.78 is 0. The Bertz CT molecular complexity index is 1010. The van der Waals surface area contributed by atoms with Gasteiger partial charge < -0.3 is 20.6 Å². The number of hydrogen-bond acceptors (Lipinski definition) is 4. The van der Waals surface area contributed by atoms with E-state index >= 15 is 0 Å². The van der Waals surface area contributed by atoms with E-state index in [0.29, 0.717) is 12.8 Å². The van der Waals surface area contributed by atoms with E-state index in [0.717, 1.165) is 44.9 Å². The van der Waals surface area contributed by atoms with Crippen LogP contribution in [0.15, 0.2) is 36.5 Å². The van der Waals surface area contributed by atoms with Crippen LogP contribution in [-0.2, 0) is 4.79 Å². The van der Waals surface area contributed by atoms with Crippen molar-refractivity contribution >= 4 is 5.91 Å². The van der Waals surface area contributed by atoms with Crippen molar-refractivity contribution in [3.63, 3.8) is 0 Å². The number of aliphatic hydroxyl groups excluding tert-OH is 3. The lowest BCUT2D eigenvalue weighted by Crippen LogP contribution is -2.50. The van der Waals surface area contributed by atoms with E-state index in [1.807, 2.05) is 0 Å². The summed E-state index contributed by atoms with van der Waals surface area (Å²) in [5.41, 5.74) is 0. The molecule has 5 nitrogen and oxygen atoms in total. The van der Waals surface area contributed by atoms with Crippen LogP contribution >= 0.6 is 0 Å². The maximum atomic E-state index is 12.5. The molecule has 4 N–H and O–H groups in total. The zero-order valence-corrected chi connectivity index (χ0v) is 43.9. The molecule has 1 amide bonds. The second-order valence-electron chi connectivity index (χ2n) is 20.2. The topological polar surface area (TPSA) is 89.8 Å². The Morgan fingerprint density at radius 3 is 0.938 bits per heavy atom. The third kappa shape index (κ3) is 50.3. The number of carbonyl (C=O) groups excluding carboxylic acids is 1. The van der Waals surface area contributed by atoms with Crippen LogP contribution in [-0.4, -0.2) is 46.1 Å². The molecule has 0 rings (SSSR count). The summed E-state index contributed by atoms with van der Waals surface area (Å²) in [6.07, 6.45) is 71.7. The van der Waals surface area contributed by atoms with Gasteiger partial charge in [-0.15, -0.1) is 0 Å². The van der Waals surface area contributed by atoms with Crippen LogP contribution < -0.4 is 5.32 Å². The Labute approximate surface area is 406 Å². The van der Waals surface area contributed by atoms with Crippen LogP contribution in [0.2, 0.25) is 0 Å². The van der Waals surface area contributed by atoms with Gasteiger partial charge in [0, 0.05) is 6.42 Å². The van der Waals surface area contributed by atoms with Crippen LogP contribution in [0.5, 0.6) is 0 Å². The number of allylic oxidation sites excluding steroid dienone is 6. The Morgan fingerprint density at radius 1 is 0.369 bits per heavy atom. The average Bonchev–Trinajstić information content (AvgIpc) is 3.31. The fraction of sp³-hybridized carbons (Fsp3) is 0.883. The first-order valence-corrected chi connectivity index (χ1v) is 29.3. The van der Waals surface area contributed by atoms with Crippen molar-refractivity contribution in [1.29, 1.82) is 0 Å². The number of hydrogen-bond donors (Lipinski definition) is 4. The number of amides is 1. The highest BCUT2D eigenvalue weighted by Crippen LogP contribution is 2.17. The highest BCUT2D eigenvalue weighted by molar-refractivity contribution is 5.76. The largest absolute Gasteiger partial charge is 0.394 e. The standard InChI is InChI=1S/C60H115NO4/c1-3-5-7-9-11-13-15-17-19-21-23-25-27-28-29-30-31-32-33-35-37-39-41-43-45-47-49-51-53-55-59(64)61-57(56-62)60(65)58(63)54-52-50-48-46-44-42-40-38-36-34-26-24-22-20-18-16-14-12-10-8-6-4-2/h28-29,38,40,46,48,57-58,60,62-63,65H,3-27,30-37,39,41-45,47,49-56H2,1-2H3,(H,61,64)/b29-28-,40-38+,48-46+. The third-order valence-corrected chi connectivity index (χ3v) is 13.7. The van der Waals surface area contributed by atoms with E-state index < -0.39 is 18.2 Å². The average molecular weight is 915 g/mol. The summed E-state index contributed by atoms with van der Waals surface area (Å²) in [4.78, 5) is 12.5. The highest BCUT2D eigenvalue weighted by Gasteiger charge is 2.26. The lowest BCUT2D eigenvalue weighted by molar-refractivity contribution is -0.124. The molecule has 0 aromatic carbocycles. The van der Waals surface area contributed by atoms with E-state index in [2.05, 4.69) is 55.6 Å². The van der Waals surface area contributed by atoms with E-state index in [1.54, 1.807) is 0 Å². The normalized spacial score (nSPS) is 13.5. The first kappa shape index (κ1) is 63.6. The van der Waals surface area contributed by atoms with Gasteiger partial charge in [-0.2, -0.15) is 0 Å². The Hall–Kier alpha value is -1.43. The van der Waals surface area contributed by atoms with Crippen molar-refractivity contribution < 1.29 is 20.1 Å². The van der Waals surface area contributed by atoms with Crippen LogP contribution in [0.25, 0.3) is 0 Å². The third-order valence-electron chi connectivity index (χ3n) is 13.7. The molecule has 3 atom stereocenters. The molecule has 0 saturated carbocycles. The number of unbranched alkanes of at least 4 members (excludes halogenated alkanes) is 40. The van der Waals surface area contributed by atoms with Gasteiger partial charge >= 0.3 is 0 Å². The highest BCUT2D eigenvalue weighted by atomic mass is 16.3. The van der Waals surface area contributed by atoms with Gasteiger partial charge in [0.15, 0.2) is 0 Å². The minimum Gasteiger partial charge on any atom is -0.394 e. The van der Waals surface area contributed by atoms with Crippen LogP contribution in [0.3, 0.4) is 0 Å². The van der Waals surface area contributed by atoms with Gasteiger partial charge in [-0.3, -0.25) is 4.79 Å². The lowest BCUT2D eigenvalue weighted by Gasteiger charge is -2.26. The van der Waals surface area contributed by atoms with Crippen LogP contribution in [0.4, 0.5) is 0 Å². The molecule has 0 aliphatic carbocycles. The zero-order chi connectivity index (χ0) is 47.2. The summed E-state index contributed by atoms with van der Waals surface area (Å²) >= 11 is 0. The van der Waals surface area contributed by atoms with E-state index in [9.17, 15) is 20.1 Å². The molecule has 0 fully saturated rings. The molecule has 0 heterocycles. The molecule has 0 bridgehead atoms. The molecule has 5 heteroatoms. The lowest BCUT2D eigenvalue weighted by atomic mass is 10.0. The summed E-state index contributed by atoms with van der Waals surface area (Å²) in [6.45, 7) is 4.20. The molecular weight excluding hydrogens is 799 g/mol. The van der Waals surface area contributed by atoms with E-state index in [4.69, 9.17) is 0 Å². The number of rotatable bonds is 54. The number of nitrogens with one attached hydrogen (secondary N) is 1. The van der Waals surface area contributed by atoms with Crippen molar-refractivity contribution in [2.24, 2.45) is 0 Å². The predicted molar refractivity (Wildman–Crippen MR) is 287 cm³/mol. The smallest absolute Gasteiger partial charge is 0.220 e. The fourth-order valence-electron chi connectivity index (χ4n) is 9.18. The molecule has 65 heavy (non-hydrogen) atoms. The monoisotopic (exact) mass is 914 g/mol. The molecule has 0 aromatic heterocycles. The number of aliphatic hydroxyl groups is 3. The second-order valence-corrected chi connectivity index (χ2v) is 20.2. The van der Waals surface area contributed by atoms with Gasteiger partial charge in [0.2, 0.25) is 5.91 Å². The summed E-state index contributed by atoms with van der Waals surface area (Å²) in [6, 6.07) is -0.833. The quantitative estimate of drug-likeness (QED) is 0.0361. The molecule has 0 aromatic rings. The first-order chi connectivity index (χ1) is 32.1. The van der Waals surface area contributed by atoms with Gasteiger partial charge in [0.05, 0.1) is 18.8 Å². The Balaban J connectivity index is 3.57. The van der Waals surface area contributed by atoms with E-state index in [1.165, 1.54) is 244 Å². The van der Waals surface area contributed by atoms with Crippen molar-refractivity contribution in [2.75, 3.05) is 6.61 Å². The molecule has 384 valence electrons. The minimum atomic E-state index is -1.17. The number of carbonyl (C=O) groups is 1. The van der Waals surface area contributed by atoms with Crippen LogP contribution in [0.1, 0.15) is 316 Å². The fourth-order valence-corrected chi connectivity index (χ4v) is 9.18. The molecule has 0 radical (unpaired) electrons. The molecule has 0 saturated heterocycles. The molecule has 0 aliphatic rings. The summed E-state index contributed by atoms with van der Waals surface area (Å²) in [7, 11) is 0. The van der Waals surface area contributed by atoms with Crippen molar-refractivity contribution in [2.45, 2.75) is 334 Å². The van der Waals surface area contributed by atoms with Gasteiger partial charge in [-0.1, -0.05) is 269 Å². The maximum Gasteiger partial charge on any atom is 0.220 e. The summed E-state index contributed by atoms with van der Waals surface area (Å²) in [5.74, 6) is -0.155. The summed E-state index contributed by atoms with van der Waals surface area (Å²) in [5, 5.41) is 33.8. The van der Waals surface area contributed by atoms with Gasteiger partial charge in [-0.25, -0.2) is 0 Å². The molecule has 0 aliphatic heterocycles. The SMILES string of the molecule is CCCCCCCCCCCCCC/C=C\CCCCCCCCCCCCCCCC(=O)NC(CO)C(O)C(O)CCC/C=C/CC/C=C/CCCCCCCCCCCCCCC. The minimum absolute atomic E-state index is 0.155. The van der Waals surface area contributed by atoms with Crippen molar-refractivity contribution in [3.05, 3.63) is 36.5 Å². The van der Waals surface area contributed by atoms with Crippen molar-refractivity contribution in [1.82, 2.24) is 5.32 Å². The molecular formula is C60H115NO4. The van der Waals surface area contributed by atoms with Crippen LogP contribution in [0, 0.1) is 0 Å². The molecule has 3 unspecified atom stereocenters. The Morgan fingerprint density at radius 2 is 0.631 bits per heavy atom. The van der Waals surface area contributed by atoms with Gasteiger partial charge in [-0.05, 0) is 77.0 Å². The van der Waals surface area contributed by atoms with E-state index in [-0.39, 0.29) is 12.5 Å². The van der Waals surface area contributed by atoms with Gasteiger partial charge in [0.1, 0.15) is 6.10 Å². The first-order valence-electron chi connectivity index (χ1n) is 29.3. The van der Waals surface area contributed by atoms with Gasteiger partial charge in [0.25, 0.3) is 0 Å². The predicted octanol–water partition coefficient (Wildman–Crippen LogP) is 18.2. The van der Waals surface area contributed by atoms with Crippen molar-refractivity contribution in [3.8, 4) is 0 Å². The molecule has 0 spiro atoms.